The molecule has 0 rings (SSSR count). The van der Waals surface area contributed by atoms with Gasteiger partial charge in [-0.3, -0.25) is 4.79 Å². The first kappa shape index (κ1) is 14.9. The zero-order valence-corrected chi connectivity index (χ0v) is 10.1. The third-order valence-corrected chi connectivity index (χ3v) is 2.24. The molecule has 0 aromatic heterocycles. The predicted molar refractivity (Wildman–Crippen MR) is 61.8 cm³/mol. The van der Waals surface area contributed by atoms with Gasteiger partial charge in [-0.2, -0.15) is 5.26 Å². The Morgan fingerprint density at radius 3 is 2.81 bits per heavy atom. The number of nitrogens with zero attached hydrogens (tertiary/aromatic N) is 1. The fourth-order valence-electron chi connectivity index (χ4n) is 1.24. The Labute approximate surface area is 97.2 Å². The second-order valence-electron chi connectivity index (χ2n) is 3.51. The molecular weight excluding hydrogens is 206 g/mol. The van der Waals surface area contributed by atoms with Crippen LogP contribution in [-0.2, 0) is 9.53 Å². The summed E-state index contributed by atoms with van der Waals surface area (Å²) in [6.45, 7) is 3.71. The summed E-state index contributed by atoms with van der Waals surface area (Å²) >= 11 is 0. The molecule has 0 spiro atoms. The fourth-order valence-corrected chi connectivity index (χ4v) is 1.24. The van der Waals surface area contributed by atoms with E-state index in [1.54, 1.807) is 7.11 Å². The number of nitriles is 1. The third kappa shape index (κ3) is 8.21. The van der Waals surface area contributed by atoms with Crippen molar-refractivity contribution in [3.05, 3.63) is 0 Å². The Kier molecular flexibility index (Phi) is 9.67. The largest absolute Gasteiger partial charge is 0.383 e. The Hall–Kier alpha value is -1.12. The molecule has 5 nitrogen and oxygen atoms in total. The molecule has 1 amide bonds. The van der Waals surface area contributed by atoms with Crippen LogP contribution < -0.4 is 10.6 Å². The number of hydrogen-bond donors (Lipinski definition) is 2. The van der Waals surface area contributed by atoms with Gasteiger partial charge in [0.25, 0.3) is 0 Å². The van der Waals surface area contributed by atoms with Crippen LogP contribution in [0.5, 0.6) is 0 Å². The van der Waals surface area contributed by atoms with Crippen molar-refractivity contribution < 1.29 is 9.53 Å². The van der Waals surface area contributed by atoms with Crippen LogP contribution in [0.25, 0.3) is 0 Å². The Balaban J connectivity index is 3.49. The van der Waals surface area contributed by atoms with E-state index in [-0.39, 0.29) is 11.9 Å². The van der Waals surface area contributed by atoms with Gasteiger partial charge in [0, 0.05) is 32.7 Å². The molecule has 0 fully saturated rings. The second kappa shape index (κ2) is 10.4. The van der Waals surface area contributed by atoms with Crippen LogP contribution in [0.2, 0.25) is 0 Å². The molecule has 0 heterocycles. The van der Waals surface area contributed by atoms with E-state index in [1.807, 2.05) is 6.92 Å². The first-order valence-corrected chi connectivity index (χ1v) is 5.60. The molecule has 92 valence electrons. The van der Waals surface area contributed by atoms with E-state index in [2.05, 4.69) is 16.7 Å². The summed E-state index contributed by atoms with van der Waals surface area (Å²) in [6.07, 6.45) is 1.83. The lowest BCUT2D eigenvalue weighted by Crippen LogP contribution is -2.34. The maximum atomic E-state index is 11.3. The van der Waals surface area contributed by atoms with Crippen molar-refractivity contribution in [3.8, 4) is 6.07 Å². The molecule has 1 atom stereocenters. The molecule has 0 aliphatic heterocycles. The highest BCUT2D eigenvalue weighted by Crippen LogP contribution is 1.95. The molecule has 0 saturated heterocycles. The van der Waals surface area contributed by atoms with Crippen LogP contribution in [0.1, 0.15) is 26.2 Å². The first-order chi connectivity index (χ1) is 7.74. The number of nitrogens with one attached hydrogen (secondary N) is 2. The van der Waals surface area contributed by atoms with Crippen molar-refractivity contribution in [1.82, 2.24) is 10.6 Å². The van der Waals surface area contributed by atoms with Crippen LogP contribution in [-0.4, -0.2) is 38.8 Å². The van der Waals surface area contributed by atoms with E-state index in [4.69, 9.17) is 10.00 Å². The number of ether oxygens (including phenoxy) is 1. The van der Waals surface area contributed by atoms with Gasteiger partial charge in [-0.25, -0.2) is 0 Å². The van der Waals surface area contributed by atoms with Crippen molar-refractivity contribution in [3.63, 3.8) is 0 Å². The molecule has 0 aromatic carbocycles. The lowest BCUT2D eigenvalue weighted by molar-refractivity contribution is -0.121. The van der Waals surface area contributed by atoms with Gasteiger partial charge in [0.2, 0.25) is 5.91 Å². The molecule has 0 aliphatic rings. The number of carbonyl (C=O) groups is 1. The molecule has 0 saturated carbocycles. The summed E-state index contributed by atoms with van der Waals surface area (Å²) in [5, 5.41) is 14.5. The quantitative estimate of drug-likeness (QED) is 0.560. The molecule has 0 radical (unpaired) electrons. The molecule has 5 heteroatoms. The van der Waals surface area contributed by atoms with Crippen molar-refractivity contribution in [2.24, 2.45) is 0 Å². The standard InChI is InChI=1S/C11H21N3O2/c1-3-10(4-6-12)13-7-5-11(15)14-8-9-16-2/h10,13H,3-5,7-9H2,1-2H3,(H,14,15). The van der Waals surface area contributed by atoms with E-state index in [0.29, 0.717) is 32.5 Å². The van der Waals surface area contributed by atoms with Crippen molar-refractivity contribution in [1.29, 1.82) is 5.26 Å². The molecule has 0 aliphatic carbocycles. The summed E-state index contributed by atoms with van der Waals surface area (Å²) in [7, 11) is 1.60. The SMILES string of the molecule is CCC(CC#N)NCCC(=O)NCCOC. The lowest BCUT2D eigenvalue weighted by Gasteiger charge is -2.13. The van der Waals surface area contributed by atoms with Crippen molar-refractivity contribution in [2.75, 3.05) is 26.8 Å². The van der Waals surface area contributed by atoms with Crippen molar-refractivity contribution in [2.45, 2.75) is 32.2 Å². The number of methoxy groups -OCH3 is 1. The molecule has 0 bridgehead atoms. The van der Waals surface area contributed by atoms with E-state index in [1.165, 1.54) is 0 Å². The fraction of sp³-hybridized carbons (Fsp3) is 0.818. The van der Waals surface area contributed by atoms with Crippen LogP contribution in [0.15, 0.2) is 0 Å². The predicted octanol–water partition coefficient (Wildman–Crippen LogP) is 0.421. The van der Waals surface area contributed by atoms with Gasteiger partial charge in [-0.05, 0) is 6.42 Å². The normalized spacial score (nSPS) is 11.8. The van der Waals surface area contributed by atoms with E-state index >= 15 is 0 Å². The maximum absolute atomic E-state index is 11.3. The van der Waals surface area contributed by atoms with Crippen LogP contribution in [0.4, 0.5) is 0 Å². The van der Waals surface area contributed by atoms with Gasteiger partial charge in [0.15, 0.2) is 0 Å². The zero-order chi connectivity index (χ0) is 12.2. The van der Waals surface area contributed by atoms with Gasteiger partial charge in [0.05, 0.1) is 19.1 Å². The highest BCUT2D eigenvalue weighted by molar-refractivity contribution is 5.76. The second-order valence-corrected chi connectivity index (χ2v) is 3.51. The highest BCUT2D eigenvalue weighted by atomic mass is 16.5. The summed E-state index contributed by atoms with van der Waals surface area (Å²) in [5.41, 5.74) is 0. The topological polar surface area (TPSA) is 74.2 Å². The Morgan fingerprint density at radius 1 is 1.50 bits per heavy atom. The smallest absolute Gasteiger partial charge is 0.221 e. The number of rotatable bonds is 9. The number of hydrogen-bond acceptors (Lipinski definition) is 4. The van der Waals surface area contributed by atoms with Gasteiger partial charge in [0.1, 0.15) is 0 Å². The molecular formula is C11H21N3O2. The van der Waals surface area contributed by atoms with Crippen LogP contribution >= 0.6 is 0 Å². The maximum Gasteiger partial charge on any atom is 0.221 e. The Morgan fingerprint density at radius 2 is 2.25 bits per heavy atom. The van der Waals surface area contributed by atoms with Crippen LogP contribution in [0, 0.1) is 11.3 Å². The highest BCUT2D eigenvalue weighted by Gasteiger charge is 2.05. The van der Waals surface area contributed by atoms with Gasteiger partial charge < -0.3 is 15.4 Å². The zero-order valence-electron chi connectivity index (χ0n) is 10.1. The minimum Gasteiger partial charge on any atom is -0.383 e. The van der Waals surface area contributed by atoms with Gasteiger partial charge in [-0.1, -0.05) is 6.92 Å². The average Bonchev–Trinajstić information content (AvgIpc) is 2.28. The number of amides is 1. The lowest BCUT2D eigenvalue weighted by atomic mass is 10.1. The average molecular weight is 227 g/mol. The van der Waals surface area contributed by atoms with E-state index in [0.717, 1.165) is 6.42 Å². The molecule has 1 unspecified atom stereocenters. The third-order valence-electron chi connectivity index (χ3n) is 2.24. The van der Waals surface area contributed by atoms with Gasteiger partial charge in [-0.15, -0.1) is 0 Å². The summed E-state index contributed by atoms with van der Waals surface area (Å²) in [4.78, 5) is 11.3. The van der Waals surface area contributed by atoms with E-state index < -0.39 is 0 Å². The minimum absolute atomic E-state index is 0.0105. The molecule has 16 heavy (non-hydrogen) atoms. The summed E-state index contributed by atoms with van der Waals surface area (Å²) < 4.78 is 4.82. The van der Waals surface area contributed by atoms with Gasteiger partial charge >= 0.3 is 0 Å². The first-order valence-electron chi connectivity index (χ1n) is 5.60. The molecule has 0 aromatic rings. The van der Waals surface area contributed by atoms with E-state index in [9.17, 15) is 4.79 Å². The summed E-state index contributed by atoms with van der Waals surface area (Å²) in [6, 6.07) is 2.31. The molecule has 2 N–H and O–H groups in total. The Bertz CT molecular complexity index is 226. The van der Waals surface area contributed by atoms with Crippen LogP contribution in [0.3, 0.4) is 0 Å². The monoisotopic (exact) mass is 227 g/mol. The number of carbonyl (C=O) groups excluding carboxylic acids is 1. The minimum atomic E-state index is 0.0105. The van der Waals surface area contributed by atoms with Crippen molar-refractivity contribution >= 4 is 5.91 Å². The summed E-state index contributed by atoms with van der Waals surface area (Å²) in [5.74, 6) is 0.0105.